The molecule has 0 radical (unpaired) electrons. The van der Waals surface area contributed by atoms with Gasteiger partial charge in [0.25, 0.3) is 5.91 Å². The number of benzene rings is 2. The number of nitrogens with zero attached hydrogens (tertiary/aromatic N) is 1. The zero-order chi connectivity index (χ0) is 21.5. The van der Waals surface area contributed by atoms with Crippen LogP contribution < -0.4 is 4.74 Å². The Bertz CT molecular complexity index is 1220. The molecular weight excluding hydrogens is 426 g/mol. The molecule has 0 unspecified atom stereocenters. The SMILES string of the molecule is COc1cccc(CN(C(=O)c2oc3ccc(Cl)cc3c2C)[C@H]2CCS(=O)(=O)C2)c1. The van der Waals surface area contributed by atoms with Crippen LogP contribution in [0.25, 0.3) is 11.0 Å². The van der Waals surface area contributed by atoms with Crippen LogP contribution in [0.5, 0.6) is 5.75 Å². The van der Waals surface area contributed by atoms with E-state index in [0.717, 1.165) is 10.9 Å². The average Bonchev–Trinajstić information content (AvgIpc) is 3.25. The molecule has 8 heteroatoms. The number of carbonyl (C=O) groups excluding carboxylic acids is 1. The van der Waals surface area contributed by atoms with Crippen molar-refractivity contribution in [1.82, 2.24) is 4.90 Å². The van der Waals surface area contributed by atoms with Crippen LogP contribution >= 0.6 is 11.6 Å². The summed E-state index contributed by atoms with van der Waals surface area (Å²) in [7, 11) is -1.59. The van der Waals surface area contributed by atoms with Gasteiger partial charge in [-0.25, -0.2) is 8.42 Å². The van der Waals surface area contributed by atoms with Crippen LogP contribution in [-0.4, -0.2) is 43.9 Å². The van der Waals surface area contributed by atoms with Gasteiger partial charge in [0.05, 0.1) is 18.6 Å². The Hall–Kier alpha value is -2.51. The molecule has 1 aliphatic rings. The normalized spacial score (nSPS) is 17.9. The van der Waals surface area contributed by atoms with Crippen molar-refractivity contribution >= 4 is 38.3 Å². The third-order valence-corrected chi connectivity index (χ3v) is 7.48. The summed E-state index contributed by atoms with van der Waals surface area (Å²) in [5.41, 5.74) is 2.11. The van der Waals surface area contributed by atoms with Crippen LogP contribution in [0.4, 0.5) is 0 Å². The summed E-state index contributed by atoms with van der Waals surface area (Å²) in [6.07, 6.45) is 0.406. The molecule has 1 aliphatic heterocycles. The molecule has 1 aromatic heterocycles. The highest BCUT2D eigenvalue weighted by Gasteiger charge is 2.36. The summed E-state index contributed by atoms with van der Waals surface area (Å²) in [5.74, 6) is 0.583. The van der Waals surface area contributed by atoms with Crippen molar-refractivity contribution in [3.05, 3.63) is 64.4 Å². The number of amides is 1. The largest absolute Gasteiger partial charge is 0.497 e. The molecule has 4 rings (SSSR count). The topological polar surface area (TPSA) is 76.8 Å². The van der Waals surface area contributed by atoms with Gasteiger partial charge in [-0.15, -0.1) is 0 Å². The summed E-state index contributed by atoms with van der Waals surface area (Å²) in [6.45, 7) is 2.07. The average molecular weight is 448 g/mol. The van der Waals surface area contributed by atoms with E-state index in [1.807, 2.05) is 31.2 Å². The van der Waals surface area contributed by atoms with Crippen molar-refractivity contribution in [2.24, 2.45) is 0 Å². The molecule has 1 atom stereocenters. The minimum absolute atomic E-state index is 0.0478. The summed E-state index contributed by atoms with van der Waals surface area (Å²) < 4.78 is 35.4. The fourth-order valence-corrected chi connectivity index (χ4v) is 5.79. The van der Waals surface area contributed by atoms with Crippen LogP contribution in [0.2, 0.25) is 5.02 Å². The molecule has 0 saturated carbocycles. The number of methoxy groups -OCH3 is 1. The number of fused-ring (bicyclic) bond motifs is 1. The number of rotatable bonds is 5. The van der Waals surface area contributed by atoms with E-state index in [1.54, 1.807) is 30.2 Å². The smallest absolute Gasteiger partial charge is 0.290 e. The van der Waals surface area contributed by atoms with Crippen molar-refractivity contribution in [3.8, 4) is 5.75 Å². The number of hydrogen-bond donors (Lipinski definition) is 0. The second kappa shape index (κ2) is 7.96. The molecule has 158 valence electrons. The molecule has 1 fully saturated rings. The second-order valence-corrected chi connectivity index (χ2v) is 10.2. The van der Waals surface area contributed by atoms with Crippen LogP contribution in [-0.2, 0) is 16.4 Å². The van der Waals surface area contributed by atoms with Crippen LogP contribution in [0.15, 0.2) is 46.9 Å². The number of hydrogen-bond acceptors (Lipinski definition) is 5. The van der Waals surface area contributed by atoms with Crippen molar-refractivity contribution in [1.29, 1.82) is 0 Å². The van der Waals surface area contributed by atoms with Crippen molar-refractivity contribution in [2.75, 3.05) is 18.6 Å². The van der Waals surface area contributed by atoms with Gasteiger partial charge in [-0.3, -0.25) is 4.79 Å². The predicted molar refractivity (Wildman–Crippen MR) is 116 cm³/mol. The molecule has 6 nitrogen and oxygen atoms in total. The fourth-order valence-electron chi connectivity index (χ4n) is 3.88. The Morgan fingerprint density at radius 2 is 2.07 bits per heavy atom. The van der Waals surface area contributed by atoms with Gasteiger partial charge in [0.15, 0.2) is 15.6 Å². The molecule has 1 saturated heterocycles. The maximum Gasteiger partial charge on any atom is 0.290 e. The minimum Gasteiger partial charge on any atom is -0.497 e. The lowest BCUT2D eigenvalue weighted by molar-refractivity contribution is 0.0649. The van der Waals surface area contributed by atoms with Gasteiger partial charge in [0.2, 0.25) is 0 Å². The van der Waals surface area contributed by atoms with E-state index >= 15 is 0 Å². The highest BCUT2D eigenvalue weighted by molar-refractivity contribution is 7.91. The Morgan fingerprint density at radius 3 is 2.77 bits per heavy atom. The van der Waals surface area contributed by atoms with Crippen LogP contribution in [0, 0.1) is 6.92 Å². The maximum absolute atomic E-state index is 13.6. The number of halogens is 1. The standard InChI is InChI=1S/C22H22ClNO5S/c1-14-19-11-16(23)6-7-20(19)29-21(14)22(25)24(17-8-9-30(26,27)13-17)12-15-4-3-5-18(10-15)28-2/h3-7,10-11,17H,8-9,12-13H2,1-2H3/t17-/m0/s1. The zero-order valence-electron chi connectivity index (χ0n) is 16.7. The monoisotopic (exact) mass is 447 g/mol. The first kappa shape index (κ1) is 20.8. The molecule has 1 amide bonds. The maximum atomic E-state index is 13.6. The number of furan rings is 1. The van der Waals surface area contributed by atoms with E-state index in [9.17, 15) is 13.2 Å². The third-order valence-electron chi connectivity index (χ3n) is 5.49. The Morgan fingerprint density at radius 1 is 1.27 bits per heavy atom. The van der Waals surface area contributed by atoms with Crippen molar-refractivity contribution in [3.63, 3.8) is 0 Å². The first-order chi connectivity index (χ1) is 14.3. The van der Waals surface area contributed by atoms with E-state index in [4.69, 9.17) is 20.8 Å². The van der Waals surface area contributed by atoms with Gasteiger partial charge in [-0.2, -0.15) is 0 Å². The molecule has 0 aliphatic carbocycles. The molecule has 2 aromatic carbocycles. The Kier molecular flexibility index (Phi) is 5.51. The number of sulfone groups is 1. The van der Waals surface area contributed by atoms with E-state index in [2.05, 4.69) is 0 Å². The fraction of sp³-hybridized carbons (Fsp3) is 0.318. The number of ether oxygens (including phenoxy) is 1. The molecule has 30 heavy (non-hydrogen) atoms. The third kappa shape index (κ3) is 4.04. The molecule has 0 N–H and O–H groups in total. The first-order valence-electron chi connectivity index (χ1n) is 9.60. The van der Waals surface area contributed by atoms with Gasteiger partial charge >= 0.3 is 0 Å². The Balaban J connectivity index is 1.73. The zero-order valence-corrected chi connectivity index (χ0v) is 18.3. The van der Waals surface area contributed by atoms with Gasteiger partial charge < -0.3 is 14.1 Å². The molecule has 2 heterocycles. The van der Waals surface area contributed by atoms with Gasteiger partial charge in [-0.1, -0.05) is 23.7 Å². The summed E-state index contributed by atoms with van der Waals surface area (Å²) in [6, 6.07) is 12.2. The summed E-state index contributed by atoms with van der Waals surface area (Å²) in [5, 5.41) is 1.33. The van der Waals surface area contributed by atoms with Gasteiger partial charge in [0, 0.05) is 28.6 Å². The lowest BCUT2D eigenvalue weighted by Gasteiger charge is -2.28. The minimum atomic E-state index is -3.17. The quantitative estimate of drug-likeness (QED) is 0.584. The second-order valence-electron chi connectivity index (χ2n) is 7.54. The number of carbonyl (C=O) groups is 1. The van der Waals surface area contributed by atoms with Crippen LogP contribution in [0.3, 0.4) is 0 Å². The molecular formula is C22H22ClNO5S. The molecule has 0 spiro atoms. The van der Waals surface area contributed by atoms with Gasteiger partial charge in [0.1, 0.15) is 11.3 Å². The van der Waals surface area contributed by atoms with Crippen LogP contribution in [0.1, 0.15) is 28.1 Å². The number of aryl methyl sites for hydroxylation is 1. The lowest BCUT2D eigenvalue weighted by atomic mass is 10.1. The first-order valence-corrected chi connectivity index (χ1v) is 11.8. The highest BCUT2D eigenvalue weighted by Crippen LogP contribution is 2.31. The summed E-state index contributed by atoms with van der Waals surface area (Å²) >= 11 is 6.10. The predicted octanol–water partition coefficient (Wildman–Crippen LogP) is 4.23. The molecule has 0 bridgehead atoms. The van der Waals surface area contributed by atoms with Gasteiger partial charge in [-0.05, 0) is 49.2 Å². The van der Waals surface area contributed by atoms with Crippen molar-refractivity contribution < 1.29 is 22.4 Å². The van der Waals surface area contributed by atoms with E-state index in [0.29, 0.717) is 28.3 Å². The van der Waals surface area contributed by atoms with E-state index in [-0.39, 0.29) is 29.7 Å². The molecule has 3 aromatic rings. The summed E-state index contributed by atoms with van der Waals surface area (Å²) in [4.78, 5) is 15.2. The van der Waals surface area contributed by atoms with Crippen molar-refractivity contribution in [2.45, 2.75) is 25.9 Å². The van der Waals surface area contributed by atoms with E-state index < -0.39 is 15.9 Å². The van der Waals surface area contributed by atoms with E-state index in [1.165, 1.54) is 0 Å². The highest BCUT2D eigenvalue weighted by atomic mass is 35.5. The Labute approximate surface area is 180 Å². The lowest BCUT2D eigenvalue weighted by Crippen LogP contribution is -2.40.